The molecule has 0 radical (unpaired) electrons. The molecule has 0 atom stereocenters. The van der Waals surface area contributed by atoms with Crippen LogP contribution in [0.15, 0.2) is 33.5 Å². The van der Waals surface area contributed by atoms with Gasteiger partial charge >= 0.3 is 0 Å². The molecular weight excluding hydrogens is 300 g/mol. The van der Waals surface area contributed by atoms with Crippen molar-refractivity contribution in [3.05, 3.63) is 40.2 Å². The maximum absolute atomic E-state index is 9.68. The van der Waals surface area contributed by atoms with Gasteiger partial charge in [0.15, 0.2) is 11.5 Å². The maximum Gasteiger partial charge on any atom is 0.172 e. The second kappa shape index (κ2) is 5.88. The zero-order valence-corrected chi connectivity index (χ0v) is 11.4. The molecule has 0 aliphatic carbocycles. The van der Waals surface area contributed by atoms with E-state index in [4.69, 9.17) is 9.26 Å². The first-order chi connectivity index (χ1) is 8.70. The highest BCUT2D eigenvalue weighted by Gasteiger charge is 2.08. The minimum Gasteiger partial charge on any atom is -0.503 e. The average Bonchev–Trinajstić information content (AvgIpc) is 2.86. The van der Waals surface area contributed by atoms with Crippen LogP contribution in [0.2, 0.25) is 0 Å². The Labute approximate surface area is 113 Å². The van der Waals surface area contributed by atoms with E-state index in [1.165, 1.54) is 13.4 Å². The number of halogens is 1. The summed E-state index contributed by atoms with van der Waals surface area (Å²) in [4.78, 5) is 0. The first-order valence-corrected chi connectivity index (χ1v) is 6.15. The van der Waals surface area contributed by atoms with E-state index in [0.717, 1.165) is 11.3 Å². The smallest absolute Gasteiger partial charge is 0.172 e. The minimum atomic E-state index is 0.109. The van der Waals surface area contributed by atoms with Gasteiger partial charge in [-0.05, 0) is 33.6 Å². The second-order valence-electron chi connectivity index (χ2n) is 3.72. The van der Waals surface area contributed by atoms with Gasteiger partial charge in [0.25, 0.3) is 0 Å². The summed E-state index contributed by atoms with van der Waals surface area (Å²) in [6.07, 6.45) is 1.54. The number of phenolic OH excluding ortho intramolecular Hbond substituents is 1. The number of aromatic hydroxyl groups is 1. The van der Waals surface area contributed by atoms with Crippen molar-refractivity contribution in [3.63, 3.8) is 0 Å². The van der Waals surface area contributed by atoms with Crippen molar-refractivity contribution in [1.82, 2.24) is 10.5 Å². The van der Waals surface area contributed by atoms with Crippen LogP contribution in [0.4, 0.5) is 0 Å². The summed E-state index contributed by atoms with van der Waals surface area (Å²) in [6, 6.07) is 5.43. The quantitative estimate of drug-likeness (QED) is 0.887. The maximum atomic E-state index is 9.68. The molecule has 0 bridgehead atoms. The number of methoxy groups -OCH3 is 1. The lowest BCUT2D eigenvalue weighted by molar-refractivity contribution is 0.371. The van der Waals surface area contributed by atoms with Gasteiger partial charge in [0.1, 0.15) is 6.26 Å². The van der Waals surface area contributed by atoms with E-state index in [-0.39, 0.29) is 5.75 Å². The Morgan fingerprint density at radius 2 is 2.28 bits per heavy atom. The SMILES string of the molecule is COc1cc(CNCc2ccon2)cc(Br)c1O. The first-order valence-electron chi connectivity index (χ1n) is 5.36. The third-order valence-electron chi connectivity index (χ3n) is 2.43. The van der Waals surface area contributed by atoms with Gasteiger partial charge in [-0.15, -0.1) is 0 Å². The molecule has 0 spiro atoms. The normalized spacial score (nSPS) is 10.6. The van der Waals surface area contributed by atoms with Crippen molar-refractivity contribution in [2.75, 3.05) is 7.11 Å². The fraction of sp³-hybridized carbons (Fsp3) is 0.250. The van der Waals surface area contributed by atoms with Gasteiger partial charge in [0.05, 0.1) is 17.3 Å². The molecule has 0 fully saturated rings. The Hall–Kier alpha value is -1.53. The fourth-order valence-electron chi connectivity index (χ4n) is 1.55. The van der Waals surface area contributed by atoms with E-state index in [2.05, 4.69) is 26.4 Å². The van der Waals surface area contributed by atoms with E-state index in [9.17, 15) is 5.11 Å². The van der Waals surface area contributed by atoms with Crippen LogP contribution >= 0.6 is 15.9 Å². The third-order valence-corrected chi connectivity index (χ3v) is 3.04. The Kier molecular flexibility index (Phi) is 4.22. The van der Waals surface area contributed by atoms with E-state index in [1.807, 2.05) is 6.07 Å². The van der Waals surface area contributed by atoms with Crippen molar-refractivity contribution in [2.45, 2.75) is 13.1 Å². The monoisotopic (exact) mass is 312 g/mol. The lowest BCUT2D eigenvalue weighted by Crippen LogP contribution is -2.12. The summed E-state index contributed by atoms with van der Waals surface area (Å²) in [5.41, 5.74) is 1.85. The predicted octanol–water partition coefficient (Wildman–Crippen LogP) is 2.44. The summed E-state index contributed by atoms with van der Waals surface area (Å²) in [5, 5.41) is 16.7. The van der Waals surface area contributed by atoms with Gasteiger partial charge in [-0.2, -0.15) is 0 Å². The standard InChI is InChI=1S/C12H13BrN2O3/c1-17-11-5-8(4-10(13)12(11)16)6-14-7-9-2-3-18-15-9/h2-5,14,16H,6-7H2,1H3. The van der Waals surface area contributed by atoms with Gasteiger partial charge in [0.2, 0.25) is 0 Å². The van der Waals surface area contributed by atoms with Crippen LogP contribution in [-0.4, -0.2) is 17.4 Å². The molecule has 96 valence electrons. The number of nitrogens with one attached hydrogen (secondary N) is 1. The highest BCUT2D eigenvalue weighted by Crippen LogP contribution is 2.35. The first kappa shape index (κ1) is 12.9. The molecule has 0 saturated carbocycles. The number of hydrogen-bond donors (Lipinski definition) is 2. The number of benzene rings is 1. The van der Waals surface area contributed by atoms with Crippen molar-refractivity contribution in [2.24, 2.45) is 0 Å². The molecule has 2 N–H and O–H groups in total. The molecule has 0 saturated heterocycles. The molecule has 5 nitrogen and oxygen atoms in total. The Balaban J connectivity index is 1.99. The molecule has 1 aromatic carbocycles. The number of aromatic nitrogens is 1. The number of phenols is 1. The van der Waals surface area contributed by atoms with E-state index < -0.39 is 0 Å². The van der Waals surface area contributed by atoms with Gasteiger partial charge in [-0.1, -0.05) is 5.16 Å². The number of ether oxygens (including phenoxy) is 1. The van der Waals surface area contributed by atoms with E-state index >= 15 is 0 Å². The second-order valence-corrected chi connectivity index (χ2v) is 4.58. The minimum absolute atomic E-state index is 0.109. The topological polar surface area (TPSA) is 67.5 Å². The fourth-order valence-corrected chi connectivity index (χ4v) is 2.04. The van der Waals surface area contributed by atoms with Gasteiger partial charge in [-0.25, -0.2) is 0 Å². The Morgan fingerprint density at radius 1 is 1.44 bits per heavy atom. The summed E-state index contributed by atoms with van der Waals surface area (Å²) in [7, 11) is 1.52. The molecule has 0 aliphatic rings. The highest BCUT2D eigenvalue weighted by atomic mass is 79.9. The Morgan fingerprint density at radius 3 is 2.94 bits per heavy atom. The van der Waals surface area contributed by atoms with Crippen LogP contribution in [0.3, 0.4) is 0 Å². The molecule has 2 aromatic rings. The zero-order valence-electron chi connectivity index (χ0n) is 9.81. The van der Waals surface area contributed by atoms with Crippen LogP contribution < -0.4 is 10.1 Å². The molecule has 1 aromatic heterocycles. The largest absolute Gasteiger partial charge is 0.503 e. The number of hydrogen-bond acceptors (Lipinski definition) is 5. The molecule has 6 heteroatoms. The van der Waals surface area contributed by atoms with Gasteiger partial charge in [-0.3, -0.25) is 0 Å². The summed E-state index contributed by atoms with van der Waals surface area (Å²) < 4.78 is 10.4. The zero-order chi connectivity index (χ0) is 13.0. The molecule has 0 aliphatic heterocycles. The third kappa shape index (κ3) is 3.02. The summed E-state index contributed by atoms with van der Waals surface area (Å²) in [6.45, 7) is 1.26. The van der Waals surface area contributed by atoms with Gasteiger partial charge < -0.3 is 19.7 Å². The van der Waals surface area contributed by atoms with Crippen molar-refractivity contribution >= 4 is 15.9 Å². The molecule has 0 amide bonds. The van der Waals surface area contributed by atoms with Crippen molar-refractivity contribution < 1.29 is 14.4 Å². The molecule has 2 rings (SSSR count). The number of nitrogens with zero attached hydrogens (tertiary/aromatic N) is 1. The van der Waals surface area contributed by atoms with Crippen LogP contribution in [0.1, 0.15) is 11.3 Å². The van der Waals surface area contributed by atoms with Crippen molar-refractivity contribution in [3.8, 4) is 11.5 Å². The number of rotatable bonds is 5. The molecule has 18 heavy (non-hydrogen) atoms. The molecule has 1 heterocycles. The molecular formula is C12H13BrN2O3. The summed E-state index contributed by atoms with van der Waals surface area (Å²) >= 11 is 3.28. The van der Waals surface area contributed by atoms with Crippen LogP contribution in [0.25, 0.3) is 0 Å². The van der Waals surface area contributed by atoms with E-state index in [1.54, 1.807) is 12.1 Å². The van der Waals surface area contributed by atoms with Crippen LogP contribution in [0.5, 0.6) is 11.5 Å². The lowest BCUT2D eigenvalue weighted by Gasteiger charge is -2.09. The van der Waals surface area contributed by atoms with E-state index in [0.29, 0.717) is 23.3 Å². The lowest BCUT2D eigenvalue weighted by atomic mass is 10.2. The van der Waals surface area contributed by atoms with Crippen LogP contribution in [-0.2, 0) is 13.1 Å². The van der Waals surface area contributed by atoms with Gasteiger partial charge in [0, 0.05) is 19.2 Å². The molecule has 0 unspecified atom stereocenters. The Bertz CT molecular complexity index is 514. The highest BCUT2D eigenvalue weighted by molar-refractivity contribution is 9.10. The average molecular weight is 313 g/mol. The summed E-state index contributed by atoms with van der Waals surface area (Å²) in [5.74, 6) is 0.556. The van der Waals surface area contributed by atoms with Crippen LogP contribution in [0, 0.1) is 0 Å². The predicted molar refractivity (Wildman–Crippen MR) is 69.4 cm³/mol. The van der Waals surface area contributed by atoms with Crippen molar-refractivity contribution in [1.29, 1.82) is 0 Å².